The zero-order valence-electron chi connectivity index (χ0n) is 14.6. The summed E-state index contributed by atoms with van der Waals surface area (Å²) in [7, 11) is 0. The molecule has 3 nitrogen and oxygen atoms in total. The highest BCUT2D eigenvalue weighted by Gasteiger charge is 2.27. The van der Waals surface area contributed by atoms with E-state index in [9.17, 15) is 4.79 Å². The van der Waals surface area contributed by atoms with Crippen LogP contribution >= 0.6 is 0 Å². The quantitative estimate of drug-likeness (QED) is 0.378. The number of aryl methyl sites for hydroxylation is 1. The van der Waals surface area contributed by atoms with E-state index in [2.05, 4.69) is 20.8 Å². The molecule has 0 amide bonds. The summed E-state index contributed by atoms with van der Waals surface area (Å²) in [5.74, 6) is 0.877. The van der Waals surface area contributed by atoms with Crippen molar-refractivity contribution in [2.24, 2.45) is 11.8 Å². The molecule has 0 aliphatic heterocycles. The van der Waals surface area contributed by atoms with Crippen LogP contribution in [0.3, 0.4) is 0 Å². The normalized spacial score (nSPS) is 22.0. The first-order valence-electron chi connectivity index (χ1n) is 8.92. The van der Waals surface area contributed by atoms with Crippen LogP contribution in [0.5, 0.6) is 0 Å². The van der Waals surface area contributed by atoms with Gasteiger partial charge in [-0.25, -0.2) is 4.79 Å². The third-order valence-corrected chi connectivity index (χ3v) is 4.89. The Morgan fingerprint density at radius 2 is 1.87 bits per heavy atom. The van der Waals surface area contributed by atoms with E-state index in [1.54, 1.807) is 0 Å². The molecule has 1 radical (unpaired) electrons. The smallest absolute Gasteiger partial charge is 0.292 e. The number of benzene rings is 1. The number of carbonyl (C=O) groups is 1. The maximum absolute atomic E-state index is 12.0. The van der Waals surface area contributed by atoms with Crippen LogP contribution in [0.1, 0.15) is 75.2 Å². The lowest BCUT2D eigenvalue weighted by Crippen LogP contribution is -2.22. The summed E-state index contributed by atoms with van der Waals surface area (Å²) < 4.78 is 0. The van der Waals surface area contributed by atoms with Gasteiger partial charge in [-0.1, -0.05) is 45.7 Å². The molecule has 1 fully saturated rings. The molecule has 0 aromatic heterocycles. The van der Waals surface area contributed by atoms with Gasteiger partial charge in [0.2, 0.25) is 0 Å². The Bertz CT molecular complexity index is 480. The van der Waals surface area contributed by atoms with E-state index in [1.807, 2.05) is 24.3 Å². The minimum atomic E-state index is -0.413. The highest BCUT2D eigenvalue weighted by Crippen LogP contribution is 2.35. The third-order valence-electron chi connectivity index (χ3n) is 4.89. The molecule has 0 bridgehead atoms. The van der Waals surface area contributed by atoms with Crippen LogP contribution in [0.2, 0.25) is 0 Å². The first-order valence-corrected chi connectivity index (χ1v) is 8.92. The number of carbonyl (C=O) groups excluding carboxylic acids is 1. The minimum absolute atomic E-state index is 0.413. The number of unbranched alkanes of at least 4 members (excludes halogenated alkanes) is 2. The molecule has 23 heavy (non-hydrogen) atoms. The lowest BCUT2D eigenvalue weighted by atomic mass is 9.80. The summed E-state index contributed by atoms with van der Waals surface area (Å²) in [4.78, 5) is 22.4. The van der Waals surface area contributed by atoms with Crippen LogP contribution in [0.25, 0.3) is 0 Å². The molecule has 2 unspecified atom stereocenters. The molecule has 0 saturated heterocycles. The summed E-state index contributed by atoms with van der Waals surface area (Å²) in [5, 5.41) is 0. The number of hydrogen-bond donors (Lipinski definition) is 0. The minimum Gasteiger partial charge on any atom is -0.292 e. The van der Waals surface area contributed by atoms with Crippen molar-refractivity contribution >= 4 is 5.97 Å². The van der Waals surface area contributed by atoms with Gasteiger partial charge in [-0.05, 0) is 61.6 Å². The molecule has 2 atom stereocenters. The SMILES string of the molecule is CCCCCc1ccc(C(=O)OO[C]2CCC(C)C(C)C2)cc1. The van der Waals surface area contributed by atoms with Crippen LogP contribution in [0.4, 0.5) is 0 Å². The Hall–Kier alpha value is -1.35. The highest BCUT2D eigenvalue weighted by molar-refractivity contribution is 5.88. The van der Waals surface area contributed by atoms with Crippen molar-refractivity contribution in [1.29, 1.82) is 0 Å². The average Bonchev–Trinajstić information content (AvgIpc) is 2.56. The van der Waals surface area contributed by atoms with Gasteiger partial charge in [0.25, 0.3) is 0 Å². The van der Waals surface area contributed by atoms with Gasteiger partial charge < -0.3 is 0 Å². The van der Waals surface area contributed by atoms with E-state index >= 15 is 0 Å². The van der Waals surface area contributed by atoms with Crippen molar-refractivity contribution in [2.45, 2.75) is 65.7 Å². The number of rotatable bonds is 7. The highest BCUT2D eigenvalue weighted by atomic mass is 17.2. The van der Waals surface area contributed by atoms with Crippen LogP contribution in [0, 0.1) is 17.9 Å². The van der Waals surface area contributed by atoms with Gasteiger partial charge in [0.15, 0.2) is 0 Å². The van der Waals surface area contributed by atoms with Gasteiger partial charge in [0.05, 0.1) is 5.56 Å². The monoisotopic (exact) mass is 317 g/mol. The predicted octanol–water partition coefficient (Wildman–Crippen LogP) is 5.50. The molecule has 0 heterocycles. The molecule has 127 valence electrons. The molecule has 1 saturated carbocycles. The number of hydrogen-bond acceptors (Lipinski definition) is 3. The zero-order valence-corrected chi connectivity index (χ0v) is 14.6. The molecule has 2 rings (SSSR count). The molecular formula is C20H29O3. The maximum atomic E-state index is 12.0. The van der Waals surface area contributed by atoms with E-state index in [1.165, 1.54) is 24.8 Å². The molecule has 0 N–H and O–H groups in total. The van der Waals surface area contributed by atoms with E-state index in [4.69, 9.17) is 9.78 Å². The summed E-state index contributed by atoms with van der Waals surface area (Å²) in [6, 6.07) is 7.65. The molecule has 1 aromatic carbocycles. The van der Waals surface area contributed by atoms with E-state index in [0.29, 0.717) is 17.4 Å². The standard InChI is InChI=1S/C20H29O3/c1-4-5-6-7-17-9-11-18(12-10-17)20(21)23-22-19-13-8-15(2)16(3)14-19/h9-12,15-16H,4-8,13-14H2,1-3H3. The third kappa shape index (κ3) is 5.65. The van der Waals surface area contributed by atoms with Crippen molar-refractivity contribution in [2.75, 3.05) is 0 Å². The Labute approximate surface area is 140 Å². The summed E-state index contributed by atoms with van der Waals surface area (Å²) >= 11 is 0. The first-order chi connectivity index (χ1) is 11.1. The summed E-state index contributed by atoms with van der Waals surface area (Å²) in [6.07, 6.45) is 8.47. The molecular weight excluding hydrogens is 288 g/mol. The van der Waals surface area contributed by atoms with E-state index in [-0.39, 0.29) is 0 Å². The Balaban J connectivity index is 1.77. The zero-order chi connectivity index (χ0) is 16.7. The largest absolute Gasteiger partial charge is 0.373 e. The van der Waals surface area contributed by atoms with E-state index < -0.39 is 5.97 Å². The van der Waals surface area contributed by atoms with Gasteiger partial charge in [-0.2, -0.15) is 4.89 Å². The van der Waals surface area contributed by atoms with Gasteiger partial charge in [0.1, 0.15) is 6.10 Å². The van der Waals surface area contributed by atoms with Gasteiger partial charge >= 0.3 is 5.97 Å². The van der Waals surface area contributed by atoms with Crippen LogP contribution in [-0.4, -0.2) is 5.97 Å². The van der Waals surface area contributed by atoms with Crippen molar-refractivity contribution in [3.63, 3.8) is 0 Å². The Morgan fingerprint density at radius 3 is 2.52 bits per heavy atom. The van der Waals surface area contributed by atoms with Crippen molar-refractivity contribution in [3.05, 3.63) is 41.5 Å². The molecule has 1 aliphatic rings. The summed E-state index contributed by atoms with van der Waals surface area (Å²) in [5.41, 5.74) is 1.81. The van der Waals surface area contributed by atoms with Crippen molar-refractivity contribution in [3.8, 4) is 0 Å². The van der Waals surface area contributed by atoms with Crippen molar-refractivity contribution < 1.29 is 14.6 Å². The van der Waals surface area contributed by atoms with Gasteiger partial charge in [0, 0.05) is 0 Å². The molecule has 0 spiro atoms. The van der Waals surface area contributed by atoms with Crippen LogP contribution in [-0.2, 0) is 16.2 Å². The Kier molecular flexibility index (Phi) is 7.10. The molecule has 1 aliphatic carbocycles. The van der Waals surface area contributed by atoms with Crippen molar-refractivity contribution in [1.82, 2.24) is 0 Å². The topological polar surface area (TPSA) is 35.5 Å². The maximum Gasteiger partial charge on any atom is 0.373 e. The molecule has 3 heteroatoms. The fraction of sp³-hybridized carbons (Fsp3) is 0.600. The second kappa shape index (κ2) is 9.07. The van der Waals surface area contributed by atoms with Crippen LogP contribution in [0.15, 0.2) is 24.3 Å². The Morgan fingerprint density at radius 1 is 1.13 bits per heavy atom. The van der Waals surface area contributed by atoms with E-state index in [0.717, 1.165) is 31.8 Å². The average molecular weight is 317 g/mol. The fourth-order valence-corrected chi connectivity index (χ4v) is 2.94. The second-order valence-electron chi connectivity index (χ2n) is 6.84. The second-order valence-corrected chi connectivity index (χ2v) is 6.84. The molecule has 1 aromatic rings. The predicted molar refractivity (Wildman–Crippen MR) is 91.6 cm³/mol. The lowest BCUT2D eigenvalue weighted by Gasteiger charge is -2.29. The first kappa shape index (κ1) is 18.0. The van der Waals surface area contributed by atoms with Gasteiger partial charge in [-0.3, -0.25) is 4.89 Å². The summed E-state index contributed by atoms with van der Waals surface area (Å²) in [6.45, 7) is 6.67. The fourth-order valence-electron chi connectivity index (χ4n) is 2.94. The van der Waals surface area contributed by atoms with Crippen LogP contribution < -0.4 is 0 Å². The van der Waals surface area contributed by atoms with Gasteiger partial charge in [-0.15, -0.1) is 0 Å². The lowest BCUT2D eigenvalue weighted by molar-refractivity contribution is -0.242.